The summed E-state index contributed by atoms with van der Waals surface area (Å²) in [5.74, 6) is 0.333. The molecule has 1 rings (SSSR count). The number of anilines is 1. The molecule has 0 spiro atoms. The van der Waals surface area contributed by atoms with Gasteiger partial charge in [0.1, 0.15) is 5.75 Å². The van der Waals surface area contributed by atoms with Crippen molar-refractivity contribution in [1.82, 2.24) is 5.32 Å². The molecule has 1 aromatic carbocycles. The molecule has 0 aromatic heterocycles. The number of carbonyl (C=O) groups excluding carboxylic acids is 1. The fourth-order valence-corrected chi connectivity index (χ4v) is 2.16. The van der Waals surface area contributed by atoms with E-state index in [2.05, 4.69) is 10.6 Å². The normalized spacial score (nSPS) is 11.5. The lowest BCUT2D eigenvalue weighted by molar-refractivity contribution is -0.139. The highest BCUT2D eigenvalue weighted by Gasteiger charge is 2.08. The van der Waals surface area contributed by atoms with Crippen LogP contribution >= 0.6 is 11.8 Å². The van der Waals surface area contributed by atoms with Crippen LogP contribution in [0.25, 0.3) is 0 Å². The number of ether oxygens (including phenoxy) is 1. The Bertz CT molecular complexity index is 482. The summed E-state index contributed by atoms with van der Waals surface area (Å²) in [6.07, 6.45) is 2.92. The zero-order chi connectivity index (χ0) is 15.7. The van der Waals surface area contributed by atoms with E-state index < -0.39 is 12.6 Å². The second-order valence-corrected chi connectivity index (χ2v) is 5.48. The fraction of sp³-hybridized carbons (Fsp3) is 0.429. The number of carbonyl (C=O) groups is 2. The quantitative estimate of drug-likeness (QED) is 0.686. The van der Waals surface area contributed by atoms with Crippen molar-refractivity contribution < 1.29 is 19.4 Å². The van der Waals surface area contributed by atoms with Crippen molar-refractivity contribution in [3.63, 3.8) is 0 Å². The van der Waals surface area contributed by atoms with Gasteiger partial charge in [0.15, 0.2) is 6.61 Å². The van der Waals surface area contributed by atoms with Gasteiger partial charge in [-0.15, -0.1) is 0 Å². The highest BCUT2D eigenvalue weighted by Crippen LogP contribution is 2.17. The summed E-state index contributed by atoms with van der Waals surface area (Å²) >= 11 is 1.73. The zero-order valence-electron chi connectivity index (χ0n) is 12.1. The van der Waals surface area contributed by atoms with Gasteiger partial charge in [-0.25, -0.2) is 9.59 Å². The number of hydrogen-bond donors (Lipinski definition) is 3. The van der Waals surface area contributed by atoms with Gasteiger partial charge in [0.05, 0.1) is 0 Å². The van der Waals surface area contributed by atoms with E-state index in [0.717, 1.165) is 12.2 Å². The van der Waals surface area contributed by atoms with Crippen molar-refractivity contribution in [2.24, 2.45) is 0 Å². The highest BCUT2D eigenvalue weighted by atomic mass is 32.2. The van der Waals surface area contributed by atoms with Gasteiger partial charge in [-0.05, 0) is 37.5 Å². The molecular formula is C14H20N2O4S. The Balaban J connectivity index is 2.48. The number of amides is 2. The first-order valence-electron chi connectivity index (χ1n) is 6.52. The molecule has 116 valence electrons. The smallest absolute Gasteiger partial charge is 0.341 e. The summed E-state index contributed by atoms with van der Waals surface area (Å²) in [6, 6.07) is 6.40. The lowest BCUT2D eigenvalue weighted by Gasteiger charge is -2.14. The Morgan fingerprint density at radius 2 is 2.19 bits per heavy atom. The standard InChI is InChI=1S/C14H20N2O4S/c1-10(6-7-21-2)15-14(19)16-11-4-3-5-12(8-11)20-9-13(17)18/h3-5,8,10H,6-7,9H2,1-2H3,(H,17,18)(H2,15,16,19). The number of rotatable bonds is 8. The van der Waals surface area contributed by atoms with Crippen LogP contribution in [0.5, 0.6) is 5.75 Å². The molecule has 1 atom stereocenters. The molecule has 0 aliphatic rings. The zero-order valence-corrected chi connectivity index (χ0v) is 12.9. The fourth-order valence-electron chi connectivity index (χ4n) is 1.57. The average molecular weight is 312 g/mol. The number of thioether (sulfide) groups is 1. The maximum Gasteiger partial charge on any atom is 0.341 e. The second-order valence-electron chi connectivity index (χ2n) is 4.49. The van der Waals surface area contributed by atoms with Crippen molar-refractivity contribution in [2.75, 3.05) is 23.9 Å². The van der Waals surface area contributed by atoms with Crippen molar-refractivity contribution in [3.8, 4) is 5.75 Å². The second kappa shape index (κ2) is 9.12. The Hall–Kier alpha value is -1.89. The van der Waals surface area contributed by atoms with Crippen LogP contribution in [0.2, 0.25) is 0 Å². The van der Waals surface area contributed by atoms with Gasteiger partial charge in [0.2, 0.25) is 0 Å². The van der Waals surface area contributed by atoms with Crippen LogP contribution in [0.3, 0.4) is 0 Å². The van der Waals surface area contributed by atoms with E-state index in [1.165, 1.54) is 0 Å². The van der Waals surface area contributed by atoms with E-state index in [-0.39, 0.29) is 12.1 Å². The molecule has 0 bridgehead atoms. The molecule has 0 heterocycles. The van der Waals surface area contributed by atoms with Gasteiger partial charge < -0.3 is 20.5 Å². The summed E-state index contributed by atoms with van der Waals surface area (Å²) < 4.78 is 5.05. The van der Waals surface area contributed by atoms with Crippen LogP contribution in [-0.2, 0) is 4.79 Å². The van der Waals surface area contributed by atoms with E-state index in [4.69, 9.17) is 9.84 Å². The molecular weight excluding hydrogens is 292 g/mol. The number of hydrogen-bond acceptors (Lipinski definition) is 4. The van der Waals surface area contributed by atoms with E-state index in [1.807, 2.05) is 13.2 Å². The van der Waals surface area contributed by atoms with Crippen LogP contribution in [0, 0.1) is 0 Å². The SMILES string of the molecule is CSCCC(C)NC(=O)Nc1cccc(OCC(=O)O)c1. The molecule has 0 aliphatic heterocycles. The Morgan fingerprint density at radius 1 is 1.43 bits per heavy atom. The summed E-state index contributed by atoms with van der Waals surface area (Å²) in [4.78, 5) is 22.2. The minimum absolute atomic E-state index is 0.0869. The first kappa shape index (κ1) is 17.2. The van der Waals surface area contributed by atoms with E-state index in [1.54, 1.807) is 36.0 Å². The molecule has 0 fully saturated rings. The minimum atomic E-state index is -1.05. The molecule has 3 N–H and O–H groups in total. The van der Waals surface area contributed by atoms with Gasteiger partial charge >= 0.3 is 12.0 Å². The summed E-state index contributed by atoms with van der Waals surface area (Å²) in [7, 11) is 0. The van der Waals surface area contributed by atoms with Gasteiger partial charge in [-0.3, -0.25) is 0 Å². The van der Waals surface area contributed by atoms with Gasteiger partial charge in [-0.1, -0.05) is 6.07 Å². The first-order valence-corrected chi connectivity index (χ1v) is 7.91. The molecule has 0 saturated carbocycles. The third-order valence-corrected chi connectivity index (χ3v) is 3.23. The molecule has 1 aromatic rings. The van der Waals surface area contributed by atoms with Crippen molar-refractivity contribution in [2.45, 2.75) is 19.4 Å². The van der Waals surface area contributed by atoms with Gasteiger partial charge in [0.25, 0.3) is 0 Å². The predicted octanol–water partition coefficient (Wildman–Crippen LogP) is 2.41. The lowest BCUT2D eigenvalue weighted by atomic mass is 10.2. The molecule has 0 radical (unpaired) electrons. The van der Waals surface area contributed by atoms with Gasteiger partial charge in [-0.2, -0.15) is 11.8 Å². The topological polar surface area (TPSA) is 87.7 Å². The average Bonchev–Trinajstić information content (AvgIpc) is 2.43. The van der Waals surface area contributed by atoms with Crippen LogP contribution < -0.4 is 15.4 Å². The van der Waals surface area contributed by atoms with Crippen molar-refractivity contribution in [1.29, 1.82) is 0 Å². The maximum atomic E-state index is 11.8. The number of urea groups is 1. The van der Waals surface area contributed by atoms with Crippen LogP contribution in [0.1, 0.15) is 13.3 Å². The number of benzene rings is 1. The molecule has 1 unspecified atom stereocenters. The van der Waals surface area contributed by atoms with E-state index in [0.29, 0.717) is 11.4 Å². The molecule has 0 aliphatic carbocycles. The van der Waals surface area contributed by atoms with Crippen molar-refractivity contribution >= 4 is 29.4 Å². The third-order valence-electron chi connectivity index (χ3n) is 2.59. The number of carboxylic acids is 1. The van der Waals surface area contributed by atoms with E-state index >= 15 is 0 Å². The van der Waals surface area contributed by atoms with Gasteiger partial charge in [0, 0.05) is 17.8 Å². The van der Waals surface area contributed by atoms with Crippen LogP contribution in [0.15, 0.2) is 24.3 Å². The lowest BCUT2D eigenvalue weighted by Crippen LogP contribution is -2.36. The van der Waals surface area contributed by atoms with Crippen molar-refractivity contribution in [3.05, 3.63) is 24.3 Å². The molecule has 7 heteroatoms. The summed E-state index contributed by atoms with van der Waals surface area (Å²) in [5.41, 5.74) is 0.549. The minimum Gasteiger partial charge on any atom is -0.482 e. The highest BCUT2D eigenvalue weighted by molar-refractivity contribution is 7.98. The summed E-state index contributed by atoms with van der Waals surface area (Å²) in [5, 5.41) is 14.1. The van der Waals surface area contributed by atoms with Crippen LogP contribution in [0.4, 0.5) is 10.5 Å². The Morgan fingerprint density at radius 3 is 2.86 bits per heavy atom. The summed E-state index contributed by atoms with van der Waals surface area (Å²) in [6.45, 7) is 1.53. The number of carboxylic acid groups (broad SMARTS) is 1. The van der Waals surface area contributed by atoms with E-state index in [9.17, 15) is 9.59 Å². The number of nitrogens with one attached hydrogen (secondary N) is 2. The monoisotopic (exact) mass is 312 g/mol. The molecule has 2 amide bonds. The number of aliphatic carboxylic acids is 1. The third kappa shape index (κ3) is 7.45. The Labute approximate surface area is 128 Å². The largest absolute Gasteiger partial charge is 0.482 e. The first-order chi connectivity index (χ1) is 10.0. The molecule has 0 saturated heterocycles. The molecule has 21 heavy (non-hydrogen) atoms. The van der Waals surface area contributed by atoms with Crippen LogP contribution in [-0.4, -0.2) is 41.8 Å². The predicted molar refractivity (Wildman–Crippen MR) is 84.2 cm³/mol. The Kier molecular flexibility index (Phi) is 7.45. The molecule has 6 nitrogen and oxygen atoms in total. The maximum absolute atomic E-state index is 11.8.